The minimum absolute atomic E-state index is 0.0239. The number of rotatable bonds is 5. The van der Waals surface area contributed by atoms with Crippen LogP contribution in [0.2, 0.25) is 0 Å². The summed E-state index contributed by atoms with van der Waals surface area (Å²) in [6.07, 6.45) is 0.843. The second kappa shape index (κ2) is 9.51. The molecule has 2 atom stereocenters. The number of halogens is 3. The lowest BCUT2D eigenvalue weighted by Gasteiger charge is -2.42. The zero-order valence-electron chi connectivity index (χ0n) is 20.3. The summed E-state index contributed by atoms with van der Waals surface area (Å²) in [6.45, 7) is 4.98. The molecule has 12 heteroatoms. The summed E-state index contributed by atoms with van der Waals surface area (Å²) >= 11 is 0. The van der Waals surface area contributed by atoms with Gasteiger partial charge in [-0.3, -0.25) is 4.79 Å². The van der Waals surface area contributed by atoms with Crippen LogP contribution in [-0.4, -0.2) is 62.4 Å². The molecule has 1 aromatic heterocycles. The van der Waals surface area contributed by atoms with Gasteiger partial charge in [-0.2, -0.15) is 13.2 Å². The number of fused-ring (bicyclic) bond motifs is 1. The van der Waals surface area contributed by atoms with E-state index in [4.69, 9.17) is 4.74 Å². The van der Waals surface area contributed by atoms with E-state index in [1.165, 1.54) is 4.90 Å². The molecule has 4 rings (SSSR count). The van der Waals surface area contributed by atoms with Crippen molar-refractivity contribution in [1.82, 2.24) is 15.2 Å². The Balaban J connectivity index is 1.61. The third-order valence-electron chi connectivity index (χ3n) is 7.63. The molecular weight excluding hydrogens is 485 g/mol. The molecule has 2 aliphatic heterocycles. The van der Waals surface area contributed by atoms with Crippen molar-refractivity contribution in [2.75, 3.05) is 30.4 Å². The first-order chi connectivity index (χ1) is 16.3. The molecule has 196 valence electrons. The van der Waals surface area contributed by atoms with Gasteiger partial charge in [0.05, 0.1) is 23.8 Å². The van der Waals surface area contributed by atoms with Gasteiger partial charge < -0.3 is 15.0 Å². The third kappa shape index (κ3) is 5.29. The lowest BCUT2D eigenvalue weighted by molar-refractivity contribution is -0.145. The highest BCUT2D eigenvalue weighted by atomic mass is 32.2. The molecule has 2 unspecified atom stereocenters. The number of ether oxygens (including phenoxy) is 1. The van der Waals surface area contributed by atoms with E-state index in [-0.39, 0.29) is 42.5 Å². The smallest absolute Gasteiger partial charge is 0.381 e. The molecule has 1 N–H and O–H groups in total. The van der Waals surface area contributed by atoms with Crippen LogP contribution in [0.4, 0.5) is 19.0 Å². The molecule has 3 heterocycles. The number of sulfonamides is 1. The topological polar surface area (TPSA) is 91.8 Å². The maximum absolute atomic E-state index is 14.0. The predicted octanol–water partition coefficient (Wildman–Crippen LogP) is 3.13. The van der Waals surface area contributed by atoms with Crippen molar-refractivity contribution in [2.24, 2.45) is 11.3 Å². The molecule has 0 spiro atoms. The number of hydrogen-bond donors (Lipinski definition) is 1. The Morgan fingerprint density at radius 2 is 1.91 bits per heavy atom. The fourth-order valence-corrected chi connectivity index (χ4v) is 6.40. The molecule has 0 aromatic carbocycles. The van der Waals surface area contributed by atoms with Crippen molar-refractivity contribution >= 4 is 21.7 Å². The van der Waals surface area contributed by atoms with E-state index in [0.717, 1.165) is 35.9 Å². The van der Waals surface area contributed by atoms with Gasteiger partial charge in [-0.25, -0.2) is 17.7 Å². The normalized spacial score (nSPS) is 26.3. The summed E-state index contributed by atoms with van der Waals surface area (Å²) in [5.74, 6) is -0.307. The second-order valence-electron chi connectivity index (χ2n) is 10.3. The van der Waals surface area contributed by atoms with Crippen LogP contribution in [0.5, 0.6) is 0 Å². The van der Waals surface area contributed by atoms with Gasteiger partial charge in [-0.05, 0) is 44.1 Å². The van der Waals surface area contributed by atoms with Gasteiger partial charge in [0.15, 0.2) is 0 Å². The minimum Gasteiger partial charge on any atom is -0.381 e. The largest absolute Gasteiger partial charge is 0.417 e. The number of anilines is 1. The lowest BCUT2D eigenvalue weighted by Crippen LogP contribution is -2.53. The van der Waals surface area contributed by atoms with Crippen LogP contribution in [0.15, 0.2) is 12.3 Å². The van der Waals surface area contributed by atoms with E-state index in [1.807, 2.05) is 13.8 Å². The third-order valence-corrected chi connectivity index (χ3v) is 8.72. The van der Waals surface area contributed by atoms with E-state index in [0.29, 0.717) is 38.3 Å². The molecule has 0 radical (unpaired) electrons. The molecule has 1 aliphatic carbocycles. The van der Waals surface area contributed by atoms with Crippen LogP contribution in [0, 0.1) is 11.3 Å². The van der Waals surface area contributed by atoms with Gasteiger partial charge in [-0.15, -0.1) is 0 Å². The summed E-state index contributed by atoms with van der Waals surface area (Å²) < 4.78 is 71.4. The zero-order valence-corrected chi connectivity index (χ0v) is 21.1. The molecule has 1 amide bonds. The Labute approximate surface area is 204 Å². The van der Waals surface area contributed by atoms with Crippen LogP contribution >= 0.6 is 0 Å². The van der Waals surface area contributed by atoms with Gasteiger partial charge in [0.1, 0.15) is 12.5 Å². The van der Waals surface area contributed by atoms with E-state index in [2.05, 4.69) is 10.3 Å². The first kappa shape index (κ1) is 26.2. The number of nitrogens with one attached hydrogen (secondary N) is 1. The predicted molar refractivity (Wildman–Crippen MR) is 124 cm³/mol. The molecule has 1 saturated heterocycles. The minimum atomic E-state index is -4.63. The van der Waals surface area contributed by atoms with E-state index in [9.17, 15) is 26.4 Å². The van der Waals surface area contributed by atoms with Crippen molar-refractivity contribution in [3.05, 3.63) is 23.4 Å². The number of alkyl halides is 3. The number of carbonyl (C=O) groups excluding carboxylic acids is 1. The number of carbonyl (C=O) groups is 1. The second-order valence-corrected chi connectivity index (χ2v) is 12.2. The highest BCUT2D eigenvalue weighted by Crippen LogP contribution is 2.47. The number of pyridine rings is 1. The Morgan fingerprint density at radius 3 is 2.51 bits per heavy atom. The zero-order chi connectivity index (χ0) is 25.6. The molecule has 8 nitrogen and oxygen atoms in total. The fraction of sp³-hybridized carbons (Fsp3) is 0.739. The van der Waals surface area contributed by atoms with Crippen molar-refractivity contribution in [2.45, 2.75) is 70.8 Å². The monoisotopic (exact) mass is 518 g/mol. The van der Waals surface area contributed by atoms with E-state index >= 15 is 0 Å². The van der Waals surface area contributed by atoms with Gasteiger partial charge >= 0.3 is 6.18 Å². The molecule has 2 fully saturated rings. The highest BCUT2D eigenvalue weighted by molar-refractivity contribution is 7.92. The first-order valence-corrected chi connectivity index (χ1v) is 13.8. The molecule has 1 saturated carbocycles. The van der Waals surface area contributed by atoms with Gasteiger partial charge in [-0.1, -0.05) is 13.8 Å². The maximum Gasteiger partial charge on any atom is 0.417 e. The molecule has 0 bridgehead atoms. The Hall–Kier alpha value is -1.92. The standard InChI is InChI=1S/C23H33F3N4O4S/c1-15(2)22(7-4-19(11-22)28-18-5-8-34-9-6-18)21(31)29-13-16-10-17(23(24,25)26)12-27-20(16)30(14-29)35(3,32)33/h10,12,15,18-19,28H,4-9,11,13-14H2,1-3H3. The average molecular weight is 519 g/mol. The first-order valence-electron chi connectivity index (χ1n) is 12.0. The van der Waals surface area contributed by atoms with Crippen LogP contribution in [0.1, 0.15) is 57.1 Å². The van der Waals surface area contributed by atoms with Crippen molar-refractivity contribution < 1.29 is 31.1 Å². The summed E-state index contributed by atoms with van der Waals surface area (Å²) in [6, 6.07) is 1.37. The summed E-state index contributed by atoms with van der Waals surface area (Å²) in [4.78, 5) is 19.2. The maximum atomic E-state index is 14.0. The number of hydrogen-bond acceptors (Lipinski definition) is 6. The Kier molecular flexibility index (Phi) is 7.11. The summed E-state index contributed by atoms with van der Waals surface area (Å²) in [7, 11) is -3.88. The van der Waals surface area contributed by atoms with Crippen LogP contribution in [-0.2, 0) is 32.3 Å². The molecule has 3 aliphatic rings. The lowest BCUT2D eigenvalue weighted by atomic mass is 9.74. The van der Waals surface area contributed by atoms with Crippen LogP contribution < -0.4 is 9.62 Å². The molecular formula is C23H33F3N4O4S. The fourth-order valence-electron chi connectivity index (χ4n) is 5.57. The SMILES string of the molecule is CC(C)C1(C(=O)N2Cc3cc(C(F)(F)F)cnc3N(S(C)(=O)=O)C2)CCC(NC2CCOCC2)C1. The van der Waals surface area contributed by atoms with Gasteiger partial charge in [0.2, 0.25) is 15.9 Å². The van der Waals surface area contributed by atoms with E-state index in [1.54, 1.807) is 0 Å². The number of aromatic nitrogens is 1. The van der Waals surface area contributed by atoms with Crippen LogP contribution in [0.25, 0.3) is 0 Å². The van der Waals surface area contributed by atoms with E-state index < -0.39 is 27.2 Å². The van der Waals surface area contributed by atoms with Crippen molar-refractivity contribution in [1.29, 1.82) is 0 Å². The van der Waals surface area contributed by atoms with Crippen molar-refractivity contribution in [3.63, 3.8) is 0 Å². The van der Waals surface area contributed by atoms with Gasteiger partial charge in [0, 0.05) is 37.1 Å². The molecule has 1 aromatic rings. The van der Waals surface area contributed by atoms with Gasteiger partial charge in [0.25, 0.3) is 0 Å². The number of nitrogens with zero attached hydrogens (tertiary/aromatic N) is 3. The quantitative estimate of drug-likeness (QED) is 0.644. The number of amides is 1. The highest BCUT2D eigenvalue weighted by Gasteiger charge is 2.51. The Bertz CT molecular complexity index is 1060. The molecule has 35 heavy (non-hydrogen) atoms. The Morgan fingerprint density at radius 1 is 1.23 bits per heavy atom. The summed E-state index contributed by atoms with van der Waals surface area (Å²) in [5, 5.41) is 3.67. The summed E-state index contributed by atoms with van der Waals surface area (Å²) in [5.41, 5.74) is -1.63. The van der Waals surface area contributed by atoms with Crippen molar-refractivity contribution in [3.8, 4) is 0 Å². The average Bonchev–Trinajstić information content (AvgIpc) is 3.22. The van der Waals surface area contributed by atoms with Crippen LogP contribution in [0.3, 0.4) is 0 Å².